The maximum Gasteiger partial charge on any atom is 0.360 e. The Morgan fingerprint density at radius 3 is 2.54 bits per heavy atom. The largest absolute Gasteiger partial charge is 0.497 e. The summed E-state index contributed by atoms with van der Waals surface area (Å²) in [7, 11) is 3.15. The van der Waals surface area contributed by atoms with Gasteiger partial charge in [-0.3, -0.25) is 4.79 Å². The summed E-state index contributed by atoms with van der Waals surface area (Å²) in [6, 6.07) is 17.5. The molecule has 0 spiro atoms. The molecule has 4 aromatic rings. The fourth-order valence-corrected chi connectivity index (χ4v) is 4.19. The third-order valence-electron chi connectivity index (χ3n) is 6.46. The van der Waals surface area contributed by atoms with E-state index in [-0.39, 0.29) is 11.6 Å². The summed E-state index contributed by atoms with van der Waals surface area (Å²) in [5, 5.41) is 13.4. The van der Waals surface area contributed by atoms with Gasteiger partial charge in [-0.1, -0.05) is 12.1 Å². The van der Waals surface area contributed by atoms with Crippen molar-refractivity contribution in [3.8, 4) is 28.4 Å². The van der Waals surface area contributed by atoms with Crippen molar-refractivity contribution in [2.45, 2.75) is 26.1 Å². The van der Waals surface area contributed by atoms with Crippen LogP contribution in [-0.2, 0) is 0 Å². The van der Waals surface area contributed by atoms with Gasteiger partial charge in [0.25, 0.3) is 5.91 Å². The fourth-order valence-electron chi connectivity index (χ4n) is 4.19. The zero-order valence-corrected chi connectivity index (χ0v) is 20.7. The monoisotopic (exact) mass is 501 g/mol. The molecule has 1 saturated carbocycles. The first-order valence-electron chi connectivity index (χ1n) is 11.9. The van der Waals surface area contributed by atoms with Crippen LogP contribution < -0.4 is 25.2 Å². The quantitative estimate of drug-likeness (QED) is 0.254. The Kier molecular flexibility index (Phi) is 6.58. The summed E-state index contributed by atoms with van der Waals surface area (Å²) in [4.78, 5) is 25.9. The van der Waals surface area contributed by atoms with E-state index in [9.17, 15) is 14.7 Å². The minimum Gasteiger partial charge on any atom is -0.497 e. The highest BCUT2D eigenvalue weighted by atomic mass is 16.6. The first-order chi connectivity index (χ1) is 17.9. The lowest BCUT2D eigenvalue weighted by Crippen LogP contribution is -2.19. The first-order valence-corrected chi connectivity index (χ1v) is 11.9. The van der Waals surface area contributed by atoms with Gasteiger partial charge in [0.05, 0.1) is 14.2 Å². The molecule has 0 saturated heterocycles. The number of benzene rings is 3. The van der Waals surface area contributed by atoms with E-state index >= 15 is 0 Å². The van der Waals surface area contributed by atoms with Gasteiger partial charge in [0, 0.05) is 28.0 Å². The molecule has 0 aliphatic heterocycles. The van der Waals surface area contributed by atoms with E-state index < -0.39 is 17.8 Å². The van der Waals surface area contributed by atoms with Gasteiger partial charge in [-0.15, -0.1) is 0 Å². The summed E-state index contributed by atoms with van der Waals surface area (Å²) in [6.07, 6.45) is 0.982. The Bertz CT molecular complexity index is 1540. The van der Waals surface area contributed by atoms with Gasteiger partial charge >= 0.3 is 5.63 Å². The van der Waals surface area contributed by atoms with Crippen LogP contribution in [0.3, 0.4) is 0 Å². The number of amides is 1. The minimum absolute atomic E-state index is 0.0160. The molecule has 3 aromatic carbocycles. The second-order valence-electron chi connectivity index (χ2n) is 9.00. The highest BCUT2D eigenvalue weighted by molar-refractivity contribution is 6.05. The van der Waals surface area contributed by atoms with Gasteiger partial charge < -0.3 is 29.1 Å². The molecule has 1 amide bonds. The number of hydrogen-bond donors (Lipinski definition) is 2. The molecule has 1 aromatic heterocycles. The molecule has 1 aliphatic rings. The summed E-state index contributed by atoms with van der Waals surface area (Å²) >= 11 is 0. The molecule has 37 heavy (non-hydrogen) atoms. The SMILES string of the molecule is COc1cccc(-c2cc(C(=O)Nc3cc4ccc(OC(O)C5CC5)c(C)c4oc3=O)ccc2OC)c1. The van der Waals surface area contributed by atoms with Crippen LogP contribution in [-0.4, -0.2) is 31.5 Å². The zero-order valence-electron chi connectivity index (χ0n) is 20.7. The van der Waals surface area contributed by atoms with Crippen LogP contribution in [0.25, 0.3) is 22.1 Å². The van der Waals surface area contributed by atoms with E-state index in [1.807, 2.05) is 24.3 Å². The van der Waals surface area contributed by atoms with Crippen molar-refractivity contribution in [2.24, 2.45) is 5.92 Å². The predicted octanol–water partition coefficient (Wildman–Crippen LogP) is 5.15. The summed E-state index contributed by atoms with van der Waals surface area (Å²) < 4.78 is 22.0. The molecule has 0 radical (unpaired) electrons. The lowest BCUT2D eigenvalue weighted by atomic mass is 10.0. The van der Waals surface area contributed by atoms with E-state index in [2.05, 4.69) is 5.32 Å². The number of aliphatic hydroxyl groups is 1. The van der Waals surface area contributed by atoms with Crippen LogP contribution in [0.1, 0.15) is 28.8 Å². The van der Waals surface area contributed by atoms with Crippen LogP contribution in [0, 0.1) is 12.8 Å². The van der Waals surface area contributed by atoms with Crippen molar-refractivity contribution < 1.29 is 28.5 Å². The maximum atomic E-state index is 13.1. The molecule has 0 bridgehead atoms. The Balaban J connectivity index is 1.43. The molecular formula is C29H27NO7. The smallest absolute Gasteiger partial charge is 0.360 e. The molecule has 1 atom stereocenters. The second kappa shape index (κ2) is 9.99. The van der Waals surface area contributed by atoms with Crippen molar-refractivity contribution in [1.29, 1.82) is 0 Å². The molecular weight excluding hydrogens is 474 g/mol. The molecule has 8 nitrogen and oxygen atoms in total. The van der Waals surface area contributed by atoms with E-state index in [0.717, 1.165) is 18.4 Å². The van der Waals surface area contributed by atoms with Crippen LogP contribution in [0.2, 0.25) is 0 Å². The number of fused-ring (bicyclic) bond motifs is 1. The summed E-state index contributed by atoms with van der Waals surface area (Å²) in [5.41, 5.74) is 2.13. The van der Waals surface area contributed by atoms with Crippen LogP contribution in [0.15, 0.2) is 69.9 Å². The predicted molar refractivity (Wildman–Crippen MR) is 140 cm³/mol. The topological polar surface area (TPSA) is 107 Å². The Morgan fingerprint density at radius 2 is 1.81 bits per heavy atom. The number of aliphatic hydroxyl groups excluding tert-OH is 1. The Morgan fingerprint density at radius 1 is 1.03 bits per heavy atom. The van der Waals surface area contributed by atoms with Gasteiger partial charge in [0.15, 0.2) is 6.29 Å². The van der Waals surface area contributed by atoms with Crippen LogP contribution in [0.4, 0.5) is 5.69 Å². The van der Waals surface area contributed by atoms with Gasteiger partial charge in [-0.25, -0.2) is 4.79 Å². The number of ether oxygens (including phenoxy) is 3. The summed E-state index contributed by atoms with van der Waals surface area (Å²) in [5.74, 6) is 1.39. The highest BCUT2D eigenvalue weighted by Crippen LogP contribution is 2.36. The van der Waals surface area contributed by atoms with Crippen molar-refractivity contribution in [3.63, 3.8) is 0 Å². The van der Waals surface area contributed by atoms with Crippen LogP contribution in [0.5, 0.6) is 17.2 Å². The number of nitrogens with one attached hydrogen (secondary N) is 1. The highest BCUT2D eigenvalue weighted by Gasteiger charge is 2.32. The fraction of sp³-hybridized carbons (Fsp3) is 0.241. The van der Waals surface area contributed by atoms with Crippen molar-refractivity contribution in [2.75, 3.05) is 19.5 Å². The second-order valence-corrected chi connectivity index (χ2v) is 9.00. The normalized spacial score (nSPS) is 13.7. The van der Waals surface area contributed by atoms with Crippen molar-refractivity contribution in [3.05, 3.63) is 82.2 Å². The van der Waals surface area contributed by atoms with Gasteiger partial charge in [-0.05, 0) is 73.9 Å². The number of carbonyl (C=O) groups excluding carboxylic acids is 1. The zero-order chi connectivity index (χ0) is 26.1. The standard InChI is InChI=1S/C29H27NO7/c1-16-24(36-28(32)17-7-8-17)11-9-19-15-23(29(33)37-26(16)19)30-27(31)20-10-12-25(35-3)22(14-20)18-5-4-6-21(13-18)34-2/h4-6,9-15,17,28,32H,7-8H2,1-3H3,(H,30,31). The van der Waals surface area contributed by atoms with E-state index in [4.69, 9.17) is 18.6 Å². The van der Waals surface area contributed by atoms with Crippen LogP contribution >= 0.6 is 0 Å². The Labute approximate surface area is 213 Å². The minimum atomic E-state index is -0.882. The molecule has 190 valence electrons. The third kappa shape index (κ3) is 5.01. The van der Waals surface area contributed by atoms with E-state index in [0.29, 0.717) is 44.9 Å². The van der Waals surface area contributed by atoms with E-state index in [1.54, 1.807) is 57.5 Å². The average molecular weight is 502 g/mol. The number of anilines is 1. The molecule has 1 fully saturated rings. The molecule has 5 rings (SSSR count). The van der Waals surface area contributed by atoms with Gasteiger partial charge in [0.2, 0.25) is 0 Å². The first kappa shape index (κ1) is 24.4. The lowest BCUT2D eigenvalue weighted by Gasteiger charge is -2.15. The van der Waals surface area contributed by atoms with Gasteiger partial charge in [-0.2, -0.15) is 0 Å². The molecule has 8 heteroatoms. The molecule has 1 aliphatic carbocycles. The Hall–Kier alpha value is -4.30. The summed E-state index contributed by atoms with van der Waals surface area (Å²) in [6.45, 7) is 1.76. The molecule has 1 heterocycles. The molecule has 2 N–H and O–H groups in total. The number of hydrogen-bond acceptors (Lipinski definition) is 7. The van der Waals surface area contributed by atoms with Crippen molar-refractivity contribution in [1.82, 2.24) is 0 Å². The average Bonchev–Trinajstić information content (AvgIpc) is 3.77. The van der Waals surface area contributed by atoms with E-state index in [1.165, 1.54) is 0 Å². The lowest BCUT2D eigenvalue weighted by molar-refractivity contribution is -0.0346. The number of methoxy groups -OCH3 is 2. The maximum absolute atomic E-state index is 13.1. The number of rotatable bonds is 8. The third-order valence-corrected chi connectivity index (χ3v) is 6.46. The molecule has 1 unspecified atom stereocenters. The number of aryl methyl sites for hydroxylation is 1. The van der Waals surface area contributed by atoms with Gasteiger partial charge in [0.1, 0.15) is 28.5 Å². The number of carbonyl (C=O) groups is 1. The van der Waals surface area contributed by atoms with Crippen molar-refractivity contribution >= 4 is 22.6 Å².